The fraction of sp³-hybridized carbons (Fsp3) is 0.345. The molecule has 228 valence electrons. The van der Waals surface area contributed by atoms with Crippen molar-refractivity contribution in [3.8, 4) is 29.9 Å². The van der Waals surface area contributed by atoms with Gasteiger partial charge in [-0.15, -0.1) is 12.8 Å². The number of amides is 2. The van der Waals surface area contributed by atoms with Crippen LogP contribution in [0.5, 0.6) is 5.75 Å². The van der Waals surface area contributed by atoms with Gasteiger partial charge in [0.1, 0.15) is 23.6 Å². The van der Waals surface area contributed by atoms with E-state index in [1.54, 1.807) is 17.2 Å². The SMILES string of the molecule is C#C.CN(C)C.O=C(Nc1cn(CC(=O)N2CCCCC2)nc1-c1cc(Cl)ccc1OC(F)F)c1cnn2cccnc12. The van der Waals surface area contributed by atoms with E-state index in [-0.39, 0.29) is 45.7 Å². The maximum absolute atomic E-state index is 13.2. The van der Waals surface area contributed by atoms with Gasteiger partial charge in [-0.05, 0) is 64.7 Å². The molecular formula is C29H33ClF2N8O3. The summed E-state index contributed by atoms with van der Waals surface area (Å²) in [5, 5.41) is 11.6. The summed E-state index contributed by atoms with van der Waals surface area (Å²) in [6.07, 6.45) is 17.0. The standard InChI is InChI=1S/C24H22ClF2N7O3.C3H9N.C2H2/c25-15-5-6-19(37-24(26)27)16(11-15)21-18(13-33(31-21)14-20(35)32-8-2-1-3-9-32)30-23(36)17-12-29-34-10-4-7-28-22(17)34;1-4(2)3;1-2/h4-7,10-13,24H,1-3,8-9,14H2,(H,30,36);1-3H3;1-2H. The van der Waals surface area contributed by atoms with E-state index in [2.05, 4.69) is 38.1 Å². The number of nitrogens with one attached hydrogen (secondary N) is 1. The molecule has 1 N–H and O–H groups in total. The molecule has 3 aromatic heterocycles. The quantitative estimate of drug-likeness (QED) is 0.304. The first-order valence-corrected chi connectivity index (χ1v) is 13.6. The molecule has 1 fully saturated rings. The van der Waals surface area contributed by atoms with Crippen LogP contribution in [0, 0.1) is 12.8 Å². The van der Waals surface area contributed by atoms with Gasteiger partial charge in [-0.25, -0.2) is 9.50 Å². The smallest absolute Gasteiger partial charge is 0.387 e. The second-order valence-electron chi connectivity index (χ2n) is 9.79. The van der Waals surface area contributed by atoms with Gasteiger partial charge in [-0.1, -0.05) is 11.6 Å². The number of anilines is 1. The van der Waals surface area contributed by atoms with Gasteiger partial charge < -0.3 is 19.9 Å². The van der Waals surface area contributed by atoms with Crippen molar-refractivity contribution in [1.29, 1.82) is 0 Å². The maximum atomic E-state index is 13.2. The van der Waals surface area contributed by atoms with Gasteiger partial charge in [0.05, 0.1) is 11.9 Å². The van der Waals surface area contributed by atoms with Crippen molar-refractivity contribution in [3.63, 3.8) is 0 Å². The van der Waals surface area contributed by atoms with Crippen LogP contribution < -0.4 is 10.1 Å². The molecule has 1 aromatic carbocycles. The number of hydrogen-bond acceptors (Lipinski definition) is 7. The Morgan fingerprint density at radius 3 is 2.53 bits per heavy atom. The Kier molecular flexibility index (Phi) is 12.0. The van der Waals surface area contributed by atoms with Crippen molar-refractivity contribution < 1.29 is 23.1 Å². The third-order valence-corrected chi connectivity index (χ3v) is 6.19. The number of alkyl halides is 2. The van der Waals surface area contributed by atoms with Crippen molar-refractivity contribution >= 4 is 34.7 Å². The normalized spacial score (nSPS) is 12.7. The van der Waals surface area contributed by atoms with Gasteiger partial charge in [0, 0.05) is 42.3 Å². The monoisotopic (exact) mass is 614 g/mol. The topological polar surface area (TPSA) is 110 Å². The molecule has 4 heterocycles. The summed E-state index contributed by atoms with van der Waals surface area (Å²) >= 11 is 6.16. The Bertz CT molecular complexity index is 1540. The summed E-state index contributed by atoms with van der Waals surface area (Å²) in [4.78, 5) is 34.0. The van der Waals surface area contributed by atoms with Crippen LogP contribution >= 0.6 is 11.6 Å². The van der Waals surface area contributed by atoms with E-state index >= 15 is 0 Å². The molecule has 11 nitrogen and oxygen atoms in total. The van der Waals surface area contributed by atoms with Crippen LogP contribution in [0.3, 0.4) is 0 Å². The van der Waals surface area contributed by atoms with Gasteiger partial charge in [0.25, 0.3) is 5.91 Å². The first kappa shape index (κ1) is 33.0. The maximum Gasteiger partial charge on any atom is 0.387 e. The molecule has 0 aliphatic carbocycles. The minimum absolute atomic E-state index is 0.0905. The number of carbonyl (C=O) groups is 2. The molecule has 5 rings (SSSR count). The molecule has 2 amide bonds. The minimum atomic E-state index is -3.09. The Morgan fingerprint density at radius 2 is 1.86 bits per heavy atom. The minimum Gasteiger partial charge on any atom is -0.434 e. The zero-order valence-electron chi connectivity index (χ0n) is 24.1. The average Bonchev–Trinajstić information content (AvgIpc) is 3.59. The zero-order valence-corrected chi connectivity index (χ0v) is 24.8. The number of terminal acetylenes is 1. The Morgan fingerprint density at radius 1 is 1.16 bits per heavy atom. The largest absolute Gasteiger partial charge is 0.434 e. The summed E-state index contributed by atoms with van der Waals surface area (Å²) in [5.74, 6) is -0.857. The average molecular weight is 615 g/mol. The third-order valence-electron chi connectivity index (χ3n) is 5.95. The van der Waals surface area contributed by atoms with E-state index in [4.69, 9.17) is 11.6 Å². The molecular weight excluding hydrogens is 582 g/mol. The highest BCUT2D eigenvalue weighted by molar-refractivity contribution is 6.31. The van der Waals surface area contributed by atoms with Crippen molar-refractivity contribution in [1.82, 2.24) is 34.2 Å². The summed E-state index contributed by atoms with van der Waals surface area (Å²) < 4.78 is 33.7. The predicted octanol–water partition coefficient (Wildman–Crippen LogP) is 4.54. The Hall–Kier alpha value is -4.54. The first-order valence-electron chi connectivity index (χ1n) is 13.3. The molecule has 14 heteroatoms. The fourth-order valence-corrected chi connectivity index (χ4v) is 4.41. The number of nitrogens with zero attached hydrogens (tertiary/aromatic N) is 7. The number of hydrogen-bond donors (Lipinski definition) is 1. The molecule has 0 atom stereocenters. The fourth-order valence-electron chi connectivity index (χ4n) is 4.24. The van der Waals surface area contributed by atoms with E-state index in [0.29, 0.717) is 18.7 Å². The van der Waals surface area contributed by atoms with Crippen molar-refractivity contribution in [3.05, 3.63) is 59.6 Å². The molecule has 1 aliphatic heterocycles. The third kappa shape index (κ3) is 8.97. The lowest BCUT2D eigenvalue weighted by Crippen LogP contribution is -2.37. The van der Waals surface area contributed by atoms with Gasteiger partial charge in [-0.2, -0.15) is 19.0 Å². The van der Waals surface area contributed by atoms with Crippen molar-refractivity contribution in [2.75, 3.05) is 39.5 Å². The number of piperidine rings is 1. The van der Waals surface area contributed by atoms with E-state index in [9.17, 15) is 18.4 Å². The number of aromatic nitrogens is 5. The molecule has 1 aliphatic rings. The van der Waals surface area contributed by atoms with Crippen molar-refractivity contribution in [2.45, 2.75) is 32.4 Å². The second kappa shape index (κ2) is 15.6. The van der Waals surface area contributed by atoms with E-state index < -0.39 is 12.5 Å². The second-order valence-corrected chi connectivity index (χ2v) is 10.2. The highest BCUT2D eigenvalue weighted by atomic mass is 35.5. The Labute approximate surface area is 253 Å². The van der Waals surface area contributed by atoms with Crippen LogP contribution in [0.2, 0.25) is 5.02 Å². The summed E-state index contributed by atoms with van der Waals surface area (Å²) in [6, 6.07) is 5.78. The number of halogens is 3. The van der Waals surface area contributed by atoms with Crippen LogP contribution in [0.25, 0.3) is 16.9 Å². The lowest BCUT2D eigenvalue weighted by Gasteiger charge is -2.26. The molecule has 0 radical (unpaired) electrons. The summed E-state index contributed by atoms with van der Waals surface area (Å²) in [5.41, 5.74) is 0.943. The molecule has 0 bridgehead atoms. The van der Waals surface area contributed by atoms with Crippen LogP contribution in [0.4, 0.5) is 14.5 Å². The number of benzene rings is 1. The molecule has 0 spiro atoms. The predicted molar refractivity (Wildman–Crippen MR) is 160 cm³/mol. The van der Waals surface area contributed by atoms with Crippen molar-refractivity contribution in [2.24, 2.45) is 0 Å². The highest BCUT2D eigenvalue weighted by Crippen LogP contribution is 2.37. The number of ether oxygens (including phenoxy) is 1. The van der Waals surface area contributed by atoms with Crippen LogP contribution in [-0.4, -0.2) is 86.8 Å². The molecule has 4 aromatic rings. The van der Waals surface area contributed by atoms with E-state index in [1.807, 2.05) is 26.0 Å². The molecule has 0 saturated carbocycles. The van der Waals surface area contributed by atoms with Crippen LogP contribution in [0.1, 0.15) is 29.6 Å². The lowest BCUT2D eigenvalue weighted by atomic mass is 10.1. The summed E-state index contributed by atoms with van der Waals surface area (Å²) in [6.45, 7) is -1.85. The van der Waals surface area contributed by atoms with Crippen LogP contribution in [-0.2, 0) is 11.3 Å². The number of carbonyl (C=O) groups excluding carboxylic acids is 2. The van der Waals surface area contributed by atoms with Gasteiger partial charge in [-0.3, -0.25) is 14.3 Å². The van der Waals surface area contributed by atoms with Gasteiger partial charge in [0.2, 0.25) is 5.91 Å². The highest BCUT2D eigenvalue weighted by Gasteiger charge is 2.24. The van der Waals surface area contributed by atoms with Gasteiger partial charge in [0.15, 0.2) is 5.65 Å². The van der Waals surface area contributed by atoms with E-state index in [1.165, 1.54) is 46.0 Å². The first-order chi connectivity index (χ1) is 20.6. The van der Waals surface area contributed by atoms with E-state index in [0.717, 1.165) is 19.3 Å². The lowest BCUT2D eigenvalue weighted by molar-refractivity contribution is -0.132. The summed E-state index contributed by atoms with van der Waals surface area (Å²) in [7, 11) is 6.00. The zero-order chi connectivity index (χ0) is 31.5. The van der Waals surface area contributed by atoms with Gasteiger partial charge >= 0.3 is 6.61 Å². The van der Waals surface area contributed by atoms with Crippen LogP contribution in [0.15, 0.2) is 49.1 Å². The Balaban J connectivity index is 0.000000780. The molecule has 1 saturated heterocycles. The molecule has 43 heavy (non-hydrogen) atoms. The number of likely N-dealkylation sites (tertiary alicyclic amines) is 1. The molecule has 0 unspecified atom stereocenters. The number of fused-ring (bicyclic) bond motifs is 1. The number of rotatable bonds is 7.